The molecule has 0 unspecified atom stereocenters. The van der Waals surface area contributed by atoms with E-state index in [1.165, 1.54) is 6.07 Å². The third kappa shape index (κ3) is 3.97. The predicted octanol–water partition coefficient (Wildman–Crippen LogP) is 2.27. The largest absolute Gasteiger partial charge is 0.370 e. The fraction of sp³-hybridized carbons (Fsp3) is 0.471. The molecule has 2 N–H and O–H groups in total. The van der Waals surface area contributed by atoms with Gasteiger partial charge in [0.15, 0.2) is 0 Å². The zero-order valence-electron chi connectivity index (χ0n) is 13.7. The molecule has 0 bridgehead atoms. The lowest BCUT2D eigenvalue weighted by atomic mass is 9.93. The molecule has 2 heterocycles. The summed E-state index contributed by atoms with van der Waals surface area (Å²) >= 11 is 0. The van der Waals surface area contributed by atoms with Crippen LogP contribution in [0, 0.1) is 18.7 Å². The first-order valence-corrected chi connectivity index (χ1v) is 8.11. The third-order valence-corrected chi connectivity index (χ3v) is 4.45. The van der Waals surface area contributed by atoms with Gasteiger partial charge < -0.3 is 10.3 Å². The van der Waals surface area contributed by atoms with Crippen molar-refractivity contribution < 1.29 is 13.7 Å². The summed E-state index contributed by atoms with van der Waals surface area (Å²) in [6.45, 7) is 4.01. The van der Waals surface area contributed by atoms with E-state index in [0.717, 1.165) is 25.9 Å². The average molecular weight is 332 g/mol. The van der Waals surface area contributed by atoms with Gasteiger partial charge in [0, 0.05) is 12.0 Å². The Balaban J connectivity index is 1.59. The molecule has 1 aliphatic heterocycles. The number of nitrogens with zero attached hydrogens (tertiary/aromatic N) is 3. The number of nitrogens with two attached hydrogens (primary N) is 1. The Labute approximate surface area is 139 Å². The summed E-state index contributed by atoms with van der Waals surface area (Å²) in [5, 5.41) is 3.94. The number of amides is 1. The number of carbonyl (C=O) groups excluding carboxylic acids is 1. The molecule has 1 aliphatic rings. The number of hydrogen-bond acceptors (Lipinski definition) is 5. The van der Waals surface area contributed by atoms with Gasteiger partial charge in [0.25, 0.3) is 0 Å². The summed E-state index contributed by atoms with van der Waals surface area (Å²) in [5.41, 5.74) is 6.44. The minimum absolute atomic E-state index is 0.236. The number of benzene rings is 1. The summed E-state index contributed by atoms with van der Waals surface area (Å²) in [6.07, 6.45) is 2.33. The number of carbonyl (C=O) groups is 1. The van der Waals surface area contributed by atoms with E-state index in [0.29, 0.717) is 41.7 Å². The summed E-state index contributed by atoms with van der Waals surface area (Å²) in [5.74, 6) is 0.759. The maximum atomic E-state index is 13.6. The topological polar surface area (TPSA) is 85.3 Å². The molecule has 0 aliphatic carbocycles. The van der Waals surface area contributed by atoms with Gasteiger partial charge in [-0.25, -0.2) is 4.39 Å². The molecule has 1 aromatic heterocycles. The normalized spacial score (nSPS) is 16.4. The molecule has 128 valence electrons. The molecule has 7 heteroatoms. The van der Waals surface area contributed by atoms with Gasteiger partial charge in [-0.2, -0.15) is 4.98 Å². The van der Waals surface area contributed by atoms with Crippen molar-refractivity contribution in [3.8, 4) is 11.4 Å². The van der Waals surface area contributed by atoms with E-state index in [4.69, 9.17) is 10.3 Å². The highest BCUT2D eigenvalue weighted by Gasteiger charge is 2.22. The highest BCUT2D eigenvalue weighted by molar-refractivity contribution is 5.74. The molecule has 1 saturated heterocycles. The number of aryl methyl sites for hydroxylation is 1. The van der Waals surface area contributed by atoms with Crippen LogP contribution in [0.1, 0.15) is 30.7 Å². The minimum atomic E-state index is -0.282. The second-order valence-electron chi connectivity index (χ2n) is 6.37. The quantitative estimate of drug-likeness (QED) is 0.908. The van der Waals surface area contributed by atoms with Crippen molar-refractivity contribution >= 4 is 5.91 Å². The Hall–Kier alpha value is -2.28. The first kappa shape index (κ1) is 16.6. The van der Waals surface area contributed by atoms with Crippen LogP contribution in [0.15, 0.2) is 22.7 Å². The second kappa shape index (κ2) is 7.09. The number of primary amides is 1. The van der Waals surface area contributed by atoms with E-state index in [1.807, 2.05) is 0 Å². The van der Waals surface area contributed by atoms with Gasteiger partial charge in [-0.05, 0) is 50.4 Å². The van der Waals surface area contributed by atoms with E-state index >= 15 is 0 Å². The summed E-state index contributed by atoms with van der Waals surface area (Å²) in [4.78, 5) is 17.5. The van der Waals surface area contributed by atoms with Gasteiger partial charge in [-0.3, -0.25) is 9.69 Å². The fourth-order valence-corrected chi connectivity index (χ4v) is 2.99. The van der Waals surface area contributed by atoms with Crippen LogP contribution in [0.2, 0.25) is 0 Å². The molecule has 0 atom stereocenters. The Kier molecular flexibility index (Phi) is 4.89. The lowest BCUT2D eigenvalue weighted by molar-refractivity contribution is -0.119. The number of rotatable bonds is 5. The number of likely N-dealkylation sites (tertiary alicyclic amines) is 1. The number of halogens is 1. The Morgan fingerprint density at radius 1 is 1.42 bits per heavy atom. The third-order valence-electron chi connectivity index (χ3n) is 4.45. The molecule has 0 spiro atoms. The molecular weight excluding hydrogens is 311 g/mol. The van der Waals surface area contributed by atoms with Crippen LogP contribution >= 0.6 is 0 Å². The molecule has 0 saturated carbocycles. The van der Waals surface area contributed by atoms with Crippen LogP contribution in [-0.2, 0) is 11.3 Å². The van der Waals surface area contributed by atoms with Crippen molar-refractivity contribution in [1.82, 2.24) is 15.0 Å². The monoisotopic (exact) mass is 332 g/mol. The van der Waals surface area contributed by atoms with E-state index in [2.05, 4.69) is 15.0 Å². The smallest absolute Gasteiger partial charge is 0.241 e. The molecule has 3 rings (SSSR count). The van der Waals surface area contributed by atoms with Crippen molar-refractivity contribution in [3.63, 3.8) is 0 Å². The summed E-state index contributed by atoms with van der Waals surface area (Å²) in [7, 11) is 0. The zero-order chi connectivity index (χ0) is 17.1. The molecule has 1 amide bonds. The van der Waals surface area contributed by atoms with Crippen LogP contribution in [0.5, 0.6) is 0 Å². The van der Waals surface area contributed by atoms with Gasteiger partial charge in [-0.15, -0.1) is 0 Å². The Morgan fingerprint density at radius 3 is 2.83 bits per heavy atom. The fourth-order valence-electron chi connectivity index (χ4n) is 2.99. The van der Waals surface area contributed by atoms with Gasteiger partial charge >= 0.3 is 0 Å². The van der Waals surface area contributed by atoms with Gasteiger partial charge in [0.2, 0.25) is 17.6 Å². The molecular formula is C17H21FN4O2. The minimum Gasteiger partial charge on any atom is -0.370 e. The predicted molar refractivity (Wildman–Crippen MR) is 86.2 cm³/mol. The highest BCUT2D eigenvalue weighted by atomic mass is 19.1. The first-order chi connectivity index (χ1) is 11.5. The SMILES string of the molecule is Cc1ccc(-c2noc(CN3CCC(CC(N)=O)CC3)n2)cc1F. The molecule has 2 aromatic rings. The highest BCUT2D eigenvalue weighted by Crippen LogP contribution is 2.23. The maximum Gasteiger partial charge on any atom is 0.241 e. The average Bonchev–Trinajstić information content (AvgIpc) is 3.00. The number of aromatic nitrogens is 2. The van der Waals surface area contributed by atoms with Gasteiger partial charge in [-0.1, -0.05) is 17.3 Å². The van der Waals surface area contributed by atoms with Crippen LogP contribution < -0.4 is 5.73 Å². The van der Waals surface area contributed by atoms with E-state index in [-0.39, 0.29) is 11.7 Å². The van der Waals surface area contributed by atoms with Crippen LogP contribution in [0.3, 0.4) is 0 Å². The van der Waals surface area contributed by atoms with E-state index in [1.54, 1.807) is 19.1 Å². The summed E-state index contributed by atoms with van der Waals surface area (Å²) in [6, 6.07) is 4.89. The van der Waals surface area contributed by atoms with Crippen molar-refractivity contribution in [2.24, 2.45) is 11.7 Å². The van der Waals surface area contributed by atoms with Crippen molar-refractivity contribution in [2.75, 3.05) is 13.1 Å². The lowest BCUT2D eigenvalue weighted by Crippen LogP contribution is -2.34. The standard InChI is InChI=1S/C17H21FN4O2/c1-11-2-3-13(9-14(11)18)17-20-16(24-21-17)10-22-6-4-12(5-7-22)8-15(19)23/h2-3,9,12H,4-8,10H2,1H3,(H2,19,23). The number of hydrogen-bond donors (Lipinski definition) is 1. The molecule has 0 radical (unpaired) electrons. The Bertz CT molecular complexity index is 723. The van der Waals surface area contributed by atoms with E-state index < -0.39 is 0 Å². The first-order valence-electron chi connectivity index (χ1n) is 8.11. The van der Waals surface area contributed by atoms with Crippen molar-refractivity contribution in [2.45, 2.75) is 32.7 Å². The molecule has 1 fully saturated rings. The van der Waals surface area contributed by atoms with Crippen molar-refractivity contribution in [1.29, 1.82) is 0 Å². The second-order valence-corrected chi connectivity index (χ2v) is 6.37. The maximum absolute atomic E-state index is 13.6. The molecule has 1 aromatic carbocycles. The Morgan fingerprint density at radius 2 is 2.17 bits per heavy atom. The van der Waals surface area contributed by atoms with Gasteiger partial charge in [0.05, 0.1) is 6.54 Å². The number of piperidine rings is 1. The molecule has 6 nitrogen and oxygen atoms in total. The summed E-state index contributed by atoms with van der Waals surface area (Å²) < 4.78 is 18.9. The van der Waals surface area contributed by atoms with E-state index in [9.17, 15) is 9.18 Å². The van der Waals surface area contributed by atoms with Crippen LogP contribution in [0.4, 0.5) is 4.39 Å². The van der Waals surface area contributed by atoms with Crippen LogP contribution in [0.25, 0.3) is 11.4 Å². The zero-order valence-corrected chi connectivity index (χ0v) is 13.7. The van der Waals surface area contributed by atoms with Crippen LogP contribution in [-0.4, -0.2) is 34.0 Å². The molecule has 24 heavy (non-hydrogen) atoms. The van der Waals surface area contributed by atoms with Gasteiger partial charge in [0.1, 0.15) is 5.82 Å². The lowest BCUT2D eigenvalue weighted by Gasteiger charge is -2.30. The van der Waals surface area contributed by atoms with Crippen molar-refractivity contribution in [3.05, 3.63) is 35.5 Å².